The number of cyclic esters (lactones) is 1. The lowest BCUT2D eigenvalue weighted by molar-refractivity contribution is -0.302. The molecule has 75 heavy (non-hydrogen) atoms. The first-order valence-electron chi connectivity index (χ1n) is 27.3. The van der Waals surface area contributed by atoms with Gasteiger partial charge in [-0.2, -0.15) is 0 Å². The van der Waals surface area contributed by atoms with Crippen molar-refractivity contribution in [1.29, 1.82) is 0 Å². The number of carbonyl (C=O) groups excluding carboxylic acids is 1. The fourth-order valence-electron chi connectivity index (χ4n) is 12.9. The average molecular weight is 1070 g/mol. The van der Waals surface area contributed by atoms with Crippen molar-refractivity contribution < 1.29 is 67.5 Å². The minimum Gasteiger partial charge on any atom is -0.459 e. The Bertz CT molecular complexity index is 2110. The number of halogens is 2. The summed E-state index contributed by atoms with van der Waals surface area (Å²) in [5.74, 6) is -3.28. The van der Waals surface area contributed by atoms with Crippen LogP contribution in [0.3, 0.4) is 0 Å². The zero-order valence-electron chi connectivity index (χ0n) is 47.1. The maximum Gasteiger partial charge on any atom is 0.309 e. The highest BCUT2D eigenvalue weighted by molar-refractivity contribution is 5.73. The summed E-state index contributed by atoms with van der Waals surface area (Å²) in [6, 6.07) is 5.68. The summed E-state index contributed by atoms with van der Waals surface area (Å²) in [7, 11) is 6.78. The molecule has 20 heteroatoms. The van der Waals surface area contributed by atoms with Crippen LogP contribution in [-0.2, 0) is 39.6 Å². The molecule has 0 saturated carbocycles. The Balaban J connectivity index is 1.26. The number of aromatic nitrogens is 3. The van der Waals surface area contributed by atoms with Crippen LogP contribution in [0.15, 0.2) is 30.5 Å². The van der Waals surface area contributed by atoms with E-state index in [9.17, 15) is 39.1 Å². The van der Waals surface area contributed by atoms with Crippen LogP contribution < -0.4 is 4.90 Å². The molecule has 5 heterocycles. The molecule has 5 N–H and O–H groups in total. The van der Waals surface area contributed by atoms with Gasteiger partial charge in [-0.3, -0.25) is 4.79 Å². The fourth-order valence-corrected chi connectivity index (χ4v) is 12.9. The van der Waals surface area contributed by atoms with Gasteiger partial charge in [-0.1, -0.05) is 45.0 Å². The van der Waals surface area contributed by atoms with Gasteiger partial charge in [0.15, 0.2) is 6.29 Å². The molecule has 18 nitrogen and oxygen atoms in total. The maximum atomic E-state index is 14.9. The predicted molar refractivity (Wildman–Crippen MR) is 278 cm³/mol. The van der Waals surface area contributed by atoms with Crippen LogP contribution in [0.1, 0.15) is 125 Å². The summed E-state index contributed by atoms with van der Waals surface area (Å²) in [5.41, 5.74) is -2.28. The number of hydrogen-bond acceptors (Lipinski definition) is 17. The molecule has 1 aromatic carbocycles. The Labute approximate surface area is 444 Å². The molecule has 0 spiro atoms. The van der Waals surface area contributed by atoms with Gasteiger partial charge in [0.1, 0.15) is 55.0 Å². The average Bonchev–Trinajstić information content (AvgIpc) is 4.03. The van der Waals surface area contributed by atoms with Crippen molar-refractivity contribution >= 4 is 11.7 Å². The Kier molecular flexibility index (Phi) is 20.8. The summed E-state index contributed by atoms with van der Waals surface area (Å²) in [4.78, 5) is 20.6. The number of methoxy groups -OCH3 is 2. The molecule has 1 aromatic heterocycles. The molecule has 4 fully saturated rings. The number of hydrogen-bond donors (Lipinski definition) is 5. The zero-order chi connectivity index (χ0) is 55.5. The summed E-state index contributed by atoms with van der Waals surface area (Å²) in [5, 5.41) is 69.0. The van der Waals surface area contributed by atoms with E-state index in [1.54, 1.807) is 47.7 Å². The second-order valence-electron chi connectivity index (χ2n) is 23.5. The van der Waals surface area contributed by atoms with Crippen LogP contribution >= 0.6 is 0 Å². The maximum absolute atomic E-state index is 14.9. The number of anilines is 1. The molecule has 4 aliphatic heterocycles. The molecular weight excluding hydrogens is 975 g/mol. The van der Waals surface area contributed by atoms with Gasteiger partial charge in [0.2, 0.25) is 0 Å². The van der Waals surface area contributed by atoms with E-state index in [-0.39, 0.29) is 25.2 Å². The van der Waals surface area contributed by atoms with E-state index in [4.69, 9.17) is 28.4 Å². The molecule has 21 atom stereocenters. The summed E-state index contributed by atoms with van der Waals surface area (Å²) < 4.78 is 68.3. The molecule has 0 radical (unpaired) electrons. The third-order valence-electron chi connectivity index (χ3n) is 17.6. The van der Waals surface area contributed by atoms with Gasteiger partial charge in [-0.05, 0) is 111 Å². The second kappa shape index (κ2) is 25.4. The Morgan fingerprint density at radius 2 is 1.65 bits per heavy atom. The van der Waals surface area contributed by atoms with E-state index in [0.717, 1.165) is 11.3 Å². The minimum absolute atomic E-state index is 0.168. The number of benzene rings is 1. The first kappa shape index (κ1) is 61.2. The van der Waals surface area contributed by atoms with E-state index in [0.29, 0.717) is 51.1 Å². The number of aliphatic hydroxyl groups is 5. The van der Waals surface area contributed by atoms with Gasteiger partial charge >= 0.3 is 5.97 Å². The van der Waals surface area contributed by atoms with Crippen molar-refractivity contribution in [2.75, 3.05) is 66.1 Å². The number of likely N-dealkylation sites (N-methyl/N-ethyl adjacent to an activating group) is 2. The number of esters is 1. The molecule has 1 unspecified atom stereocenters. The van der Waals surface area contributed by atoms with Crippen molar-refractivity contribution in [1.82, 2.24) is 24.8 Å². The van der Waals surface area contributed by atoms with E-state index in [1.807, 2.05) is 73.8 Å². The molecule has 0 amide bonds. The van der Waals surface area contributed by atoms with E-state index >= 15 is 0 Å². The fraction of sp³-hybridized carbons (Fsp3) is 0.836. The summed E-state index contributed by atoms with van der Waals surface area (Å²) >= 11 is 0. The van der Waals surface area contributed by atoms with Gasteiger partial charge in [-0.15, -0.1) is 5.10 Å². The Morgan fingerprint density at radius 3 is 2.25 bits per heavy atom. The highest BCUT2D eigenvalue weighted by atomic mass is 19.1. The lowest BCUT2D eigenvalue weighted by atomic mass is 9.68. The highest BCUT2D eigenvalue weighted by Gasteiger charge is 2.55. The largest absolute Gasteiger partial charge is 0.459 e. The van der Waals surface area contributed by atoms with Crippen LogP contribution in [-0.4, -0.2) is 208 Å². The normalized spacial score (nSPS) is 41.0. The van der Waals surface area contributed by atoms with Crippen molar-refractivity contribution in [3.05, 3.63) is 41.7 Å². The van der Waals surface area contributed by atoms with Crippen molar-refractivity contribution in [2.24, 2.45) is 23.7 Å². The summed E-state index contributed by atoms with van der Waals surface area (Å²) in [6.07, 6.45) is -6.72. The van der Waals surface area contributed by atoms with Crippen molar-refractivity contribution in [3.63, 3.8) is 0 Å². The van der Waals surface area contributed by atoms with Crippen LogP contribution in [0.4, 0.5) is 14.5 Å². The van der Waals surface area contributed by atoms with Crippen molar-refractivity contribution in [3.8, 4) is 0 Å². The lowest BCUT2D eigenvalue weighted by Gasteiger charge is -2.51. The van der Waals surface area contributed by atoms with Crippen LogP contribution in [0.5, 0.6) is 0 Å². The molecule has 2 aromatic rings. The van der Waals surface area contributed by atoms with Crippen LogP contribution in [0.25, 0.3) is 0 Å². The van der Waals surface area contributed by atoms with Crippen LogP contribution in [0, 0.1) is 23.7 Å². The number of nitrogens with zero attached hydrogens (tertiary/aromatic N) is 6. The van der Waals surface area contributed by atoms with Gasteiger partial charge < -0.3 is 68.7 Å². The minimum atomic E-state index is -1.83. The Morgan fingerprint density at radius 1 is 0.973 bits per heavy atom. The standard InChI is InChI=1S/C55H92F2N6O12/c1-15-44-55(10,69)48(65)35(6)61(12)28-31(2)25-53(8,68)50(33(4)45(34(5)51(67)74-44)43-26-54(9,71-14)49(66)36(7)73-43)75-52-46(64)41(24-32(3)72-52)60(11)22-21-39-30-63(59-58-39)42(27-56)47(70-13)37-16-18-40(19-17-37)62-23-20-38(57)29-62/h16-19,30-36,38,41-50,52,64-66,68-69H,15,20-29H2,1-14H3/t31-,32-,33+,34-,35-,36+,38-,41+,42-,43?,44-,45+,46-,47-,48-,49+,50-,52+,53-,54-,55-/m1/s1. The monoisotopic (exact) mass is 1070 g/mol. The number of carbonyl (C=O) groups is 1. The van der Waals surface area contributed by atoms with Gasteiger partial charge in [0.25, 0.3) is 0 Å². The molecular formula is C55H92F2N6O12. The molecule has 0 aliphatic carbocycles. The quantitative estimate of drug-likeness (QED) is 0.151. The van der Waals surface area contributed by atoms with Crippen LogP contribution in [0.2, 0.25) is 0 Å². The smallest absolute Gasteiger partial charge is 0.309 e. The lowest BCUT2D eigenvalue weighted by Crippen LogP contribution is -2.62. The number of aliphatic hydroxyl groups excluding tert-OH is 3. The molecule has 4 aliphatic rings. The number of alkyl halides is 2. The third-order valence-corrected chi connectivity index (χ3v) is 17.6. The van der Waals surface area contributed by atoms with Gasteiger partial charge in [0, 0.05) is 83.1 Å². The van der Waals surface area contributed by atoms with E-state index < -0.39 is 133 Å². The molecule has 4 saturated heterocycles. The van der Waals surface area contributed by atoms with Gasteiger partial charge in [0.05, 0.1) is 47.2 Å². The third kappa shape index (κ3) is 13.7. The first-order chi connectivity index (χ1) is 35.2. The number of ether oxygens (including phenoxy) is 6. The summed E-state index contributed by atoms with van der Waals surface area (Å²) in [6.45, 7) is 18.8. The zero-order valence-corrected chi connectivity index (χ0v) is 47.1. The molecule has 0 bridgehead atoms. The van der Waals surface area contributed by atoms with E-state index in [2.05, 4.69) is 10.3 Å². The van der Waals surface area contributed by atoms with E-state index in [1.165, 1.54) is 25.8 Å². The Hall–Kier alpha value is -2.99. The van der Waals surface area contributed by atoms with Crippen molar-refractivity contribution in [2.45, 2.75) is 210 Å². The second-order valence-corrected chi connectivity index (χ2v) is 23.5. The topological polar surface area (TPSA) is 214 Å². The highest BCUT2D eigenvalue weighted by Crippen LogP contribution is 2.45. The SMILES string of the molecule is CC[C@H]1OC(=O)[C@H](C)[C@@H](C2C[C@@](C)(OC)[C@@H](O)[C@H](C)O2)[C@H](C)[C@@H](O[C@@H]2O[C@H](C)C[C@H](N(C)CCc3cn([C@H](CF)[C@H](OC)c4ccc(N5CC[C@@H](F)C5)cc4)nn3)[C@H]2O)[C@](C)(O)C[C@@H](C)CN(C)[C@H](C)[C@@H](O)[C@]1(C)O. The predicted octanol–water partition coefficient (Wildman–Crippen LogP) is 4.83. The molecule has 428 valence electrons. The first-order valence-corrected chi connectivity index (χ1v) is 27.3. The molecule has 6 rings (SSSR count). The number of rotatable bonds is 15. The van der Waals surface area contributed by atoms with Gasteiger partial charge in [-0.25, -0.2) is 13.5 Å².